The van der Waals surface area contributed by atoms with Gasteiger partial charge in [0.05, 0.1) is 14.2 Å². The Morgan fingerprint density at radius 2 is 1.76 bits per heavy atom. The fourth-order valence-corrected chi connectivity index (χ4v) is 4.31. The van der Waals surface area contributed by atoms with Gasteiger partial charge in [-0.05, 0) is 29.8 Å². The van der Waals surface area contributed by atoms with Gasteiger partial charge in [0.2, 0.25) is 9.47 Å². The Labute approximate surface area is 171 Å². The van der Waals surface area contributed by atoms with Crippen molar-refractivity contribution in [1.29, 1.82) is 0 Å². The number of rotatable bonds is 8. The van der Waals surface area contributed by atoms with E-state index in [0.717, 1.165) is 11.3 Å². The van der Waals surface area contributed by atoms with E-state index in [0.29, 0.717) is 22.6 Å². The van der Waals surface area contributed by atoms with Crippen molar-refractivity contribution in [2.24, 2.45) is 0 Å². The Kier molecular flexibility index (Phi) is 6.42. The van der Waals surface area contributed by atoms with Crippen molar-refractivity contribution >= 4 is 32.4 Å². The van der Waals surface area contributed by atoms with Crippen molar-refractivity contribution in [2.45, 2.75) is 10.9 Å². The van der Waals surface area contributed by atoms with E-state index in [4.69, 9.17) is 9.47 Å². The molecule has 0 bridgehead atoms. The second-order valence-corrected chi connectivity index (χ2v) is 8.63. The molecule has 0 aliphatic rings. The standard InChI is InChI=1S/C18H18N4O5S2/c1-26-14-9-8-12(10-15(14)27-2)11-19-29(24,25)18-22-21-17(28-18)20-16(23)13-6-4-3-5-7-13/h3-10,19H,11H2,1-2H3,(H,20,21,23). The molecule has 0 saturated carbocycles. The van der Waals surface area contributed by atoms with E-state index in [1.54, 1.807) is 48.5 Å². The first-order valence-electron chi connectivity index (χ1n) is 8.33. The molecule has 0 radical (unpaired) electrons. The van der Waals surface area contributed by atoms with Crippen LogP contribution in [-0.4, -0.2) is 38.7 Å². The fraction of sp³-hybridized carbons (Fsp3) is 0.167. The molecule has 0 aliphatic heterocycles. The van der Waals surface area contributed by atoms with Gasteiger partial charge in [0.1, 0.15) is 0 Å². The first-order valence-corrected chi connectivity index (χ1v) is 10.6. The van der Waals surface area contributed by atoms with Crippen LogP contribution < -0.4 is 19.5 Å². The average Bonchev–Trinajstić information content (AvgIpc) is 3.22. The smallest absolute Gasteiger partial charge is 0.270 e. The Hall–Kier alpha value is -3.02. The van der Waals surface area contributed by atoms with Gasteiger partial charge in [-0.1, -0.05) is 35.6 Å². The SMILES string of the molecule is COc1ccc(CNS(=O)(=O)c2nnc(NC(=O)c3ccccc3)s2)cc1OC. The number of ether oxygens (including phenoxy) is 2. The molecule has 0 unspecified atom stereocenters. The second kappa shape index (κ2) is 8.99. The lowest BCUT2D eigenvalue weighted by Crippen LogP contribution is -2.23. The van der Waals surface area contributed by atoms with Gasteiger partial charge in [-0.3, -0.25) is 10.1 Å². The number of benzene rings is 2. The lowest BCUT2D eigenvalue weighted by Gasteiger charge is -2.10. The van der Waals surface area contributed by atoms with Gasteiger partial charge in [-0.2, -0.15) is 0 Å². The fourth-order valence-electron chi connectivity index (χ4n) is 2.36. The normalized spacial score (nSPS) is 11.1. The predicted octanol–water partition coefficient (Wildman–Crippen LogP) is 2.29. The lowest BCUT2D eigenvalue weighted by atomic mass is 10.2. The lowest BCUT2D eigenvalue weighted by molar-refractivity contribution is 0.102. The third-order valence-electron chi connectivity index (χ3n) is 3.81. The minimum Gasteiger partial charge on any atom is -0.493 e. The predicted molar refractivity (Wildman–Crippen MR) is 108 cm³/mol. The van der Waals surface area contributed by atoms with E-state index in [9.17, 15) is 13.2 Å². The topological polar surface area (TPSA) is 120 Å². The van der Waals surface area contributed by atoms with Crippen molar-refractivity contribution in [2.75, 3.05) is 19.5 Å². The molecule has 1 aromatic heterocycles. The van der Waals surface area contributed by atoms with Crippen LogP contribution >= 0.6 is 11.3 Å². The maximum absolute atomic E-state index is 12.5. The number of anilines is 1. The Bertz CT molecular complexity index is 1100. The van der Waals surface area contributed by atoms with Crippen LogP contribution in [0.5, 0.6) is 11.5 Å². The van der Waals surface area contributed by atoms with Gasteiger partial charge in [0.25, 0.3) is 15.9 Å². The molecule has 2 N–H and O–H groups in total. The molecule has 1 heterocycles. The van der Waals surface area contributed by atoms with Crippen LogP contribution in [0.15, 0.2) is 52.9 Å². The summed E-state index contributed by atoms with van der Waals surface area (Å²) >= 11 is 0.762. The Morgan fingerprint density at radius 3 is 2.45 bits per heavy atom. The number of carbonyl (C=O) groups excluding carboxylic acids is 1. The van der Waals surface area contributed by atoms with Gasteiger partial charge in [0, 0.05) is 12.1 Å². The van der Waals surface area contributed by atoms with Crippen LogP contribution in [-0.2, 0) is 16.6 Å². The van der Waals surface area contributed by atoms with E-state index >= 15 is 0 Å². The summed E-state index contributed by atoms with van der Waals surface area (Å²) in [6, 6.07) is 13.6. The summed E-state index contributed by atoms with van der Waals surface area (Å²) in [7, 11) is -0.886. The largest absolute Gasteiger partial charge is 0.493 e. The highest BCUT2D eigenvalue weighted by molar-refractivity contribution is 7.91. The van der Waals surface area contributed by atoms with Crippen molar-refractivity contribution in [3.05, 3.63) is 59.7 Å². The summed E-state index contributed by atoms with van der Waals surface area (Å²) in [5.74, 6) is 0.636. The number of hydrogen-bond acceptors (Lipinski definition) is 8. The van der Waals surface area contributed by atoms with E-state index < -0.39 is 15.9 Å². The molecule has 9 nitrogen and oxygen atoms in total. The Balaban J connectivity index is 1.67. The third-order valence-corrected chi connectivity index (χ3v) is 6.41. The molecule has 0 fully saturated rings. The Morgan fingerprint density at radius 1 is 1.03 bits per heavy atom. The first kappa shape index (κ1) is 20.7. The van der Waals surface area contributed by atoms with Crippen LogP contribution in [0.2, 0.25) is 0 Å². The summed E-state index contributed by atoms with van der Waals surface area (Å²) in [5, 5.41) is 10.0. The molecular formula is C18H18N4O5S2. The molecule has 3 rings (SSSR count). The number of nitrogens with one attached hydrogen (secondary N) is 2. The van der Waals surface area contributed by atoms with E-state index in [1.807, 2.05) is 0 Å². The van der Waals surface area contributed by atoms with Gasteiger partial charge in [-0.15, -0.1) is 10.2 Å². The zero-order valence-electron chi connectivity index (χ0n) is 15.6. The number of sulfonamides is 1. The highest BCUT2D eigenvalue weighted by Gasteiger charge is 2.21. The van der Waals surface area contributed by atoms with Crippen molar-refractivity contribution < 1.29 is 22.7 Å². The van der Waals surface area contributed by atoms with Gasteiger partial charge in [-0.25, -0.2) is 13.1 Å². The minimum atomic E-state index is -3.90. The monoisotopic (exact) mass is 434 g/mol. The van der Waals surface area contributed by atoms with Crippen LogP contribution in [0, 0.1) is 0 Å². The quantitative estimate of drug-likeness (QED) is 0.522. The molecular weight excluding hydrogens is 416 g/mol. The van der Waals surface area contributed by atoms with Gasteiger partial charge < -0.3 is 9.47 Å². The molecule has 0 spiro atoms. The van der Waals surface area contributed by atoms with Crippen molar-refractivity contribution in [1.82, 2.24) is 14.9 Å². The number of methoxy groups -OCH3 is 2. The van der Waals surface area contributed by atoms with Crippen LogP contribution in [0.3, 0.4) is 0 Å². The molecule has 3 aromatic rings. The molecule has 0 saturated heterocycles. The minimum absolute atomic E-state index is 0.0218. The maximum atomic E-state index is 12.5. The number of nitrogens with zero attached hydrogens (tertiary/aromatic N) is 2. The average molecular weight is 434 g/mol. The molecule has 0 atom stereocenters. The summed E-state index contributed by atoms with van der Waals surface area (Å²) in [4.78, 5) is 12.1. The van der Waals surface area contributed by atoms with Crippen LogP contribution in [0.1, 0.15) is 15.9 Å². The molecule has 2 aromatic carbocycles. The zero-order chi connectivity index (χ0) is 20.9. The number of hydrogen-bond donors (Lipinski definition) is 2. The van der Waals surface area contributed by atoms with E-state index in [2.05, 4.69) is 20.2 Å². The highest BCUT2D eigenvalue weighted by atomic mass is 32.2. The number of amides is 1. The van der Waals surface area contributed by atoms with E-state index in [1.165, 1.54) is 14.2 Å². The summed E-state index contributed by atoms with van der Waals surface area (Å²) < 4.78 is 37.5. The van der Waals surface area contributed by atoms with Gasteiger partial charge in [0.15, 0.2) is 11.5 Å². The van der Waals surface area contributed by atoms with Gasteiger partial charge >= 0.3 is 0 Å². The number of carbonyl (C=O) groups is 1. The highest BCUT2D eigenvalue weighted by Crippen LogP contribution is 2.28. The molecule has 11 heteroatoms. The zero-order valence-corrected chi connectivity index (χ0v) is 17.2. The first-order chi connectivity index (χ1) is 13.9. The molecule has 0 aliphatic carbocycles. The van der Waals surface area contributed by atoms with Crippen LogP contribution in [0.25, 0.3) is 0 Å². The van der Waals surface area contributed by atoms with E-state index in [-0.39, 0.29) is 16.0 Å². The maximum Gasteiger partial charge on any atom is 0.270 e. The summed E-state index contributed by atoms with van der Waals surface area (Å²) in [5.41, 5.74) is 1.10. The number of aromatic nitrogens is 2. The molecule has 1 amide bonds. The molecule has 152 valence electrons. The third kappa shape index (κ3) is 5.08. The van der Waals surface area contributed by atoms with Crippen molar-refractivity contribution in [3.63, 3.8) is 0 Å². The summed E-state index contributed by atoms with van der Waals surface area (Å²) in [6.45, 7) is 0.0218. The second-order valence-electron chi connectivity index (χ2n) is 5.71. The summed E-state index contributed by atoms with van der Waals surface area (Å²) in [6.07, 6.45) is 0. The van der Waals surface area contributed by atoms with Crippen LogP contribution in [0.4, 0.5) is 5.13 Å². The molecule has 29 heavy (non-hydrogen) atoms. The van der Waals surface area contributed by atoms with Crippen molar-refractivity contribution in [3.8, 4) is 11.5 Å².